The summed E-state index contributed by atoms with van der Waals surface area (Å²) in [5.41, 5.74) is 1.50. The highest BCUT2D eigenvalue weighted by molar-refractivity contribution is 9.11. The van der Waals surface area contributed by atoms with E-state index in [-0.39, 0.29) is 5.60 Å². The molecule has 0 aromatic rings. The molecule has 0 aromatic carbocycles. The summed E-state index contributed by atoms with van der Waals surface area (Å²) in [7, 11) is 0. The van der Waals surface area contributed by atoms with Crippen LogP contribution in [0.15, 0.2) is 22.2 Å². The summed E-state index contributed by atoms with van der Waals surface area (Å²) in [6.45, 7) is 6.59. The van der Waals surface area contributed by atoms with Crippen molar-refractivity contribution in [2.24, 2.45) is 5.92 Å². The van der Waals surface area contributed by atoms with Gasteiger partial charge in [0.2, 0.25) is 0 Å². The number of ether oxygens (including phenoxy) is 1. The van der Waals surface area contributed by atoms with E-state index in [0.717, 1.165) is 6.42 Å². The van der Waals surface area contributed by atoms with Crippen LogP contribution in [-0.4, -0.2) is 11.7 Å². The van der Waals surface area contributed by atoms with Crippen LogP contribution in [0, 0.1) is 5.92 Å². The Labute approximate surface area is 94.3 Å². The van der Waals surface area contributed by atoms with E-state index < -0.39 is 0 Å². The summed E-state index contributed by atoms with van der Waals surface area (Å²) in [6.07, 6.45) is 7.06. The predicted molar refractivity (Wildman–Crippen MR) is 62.4 cm³/mol. The number of allylic oxidation sites excluding steroid dienone is 2. The molecule has 1 aliphatic heterocycles. The summed E-state index contributed by atoms with van der Waals surface area (Å²) in [4.78, 5) is 0. The van der Waals surface area contributed by atoms with Crippen LogP contribution in [0.25, 0.3) is 0 Å². The Hall–Kier alpha value is -0.0800. The van der Waals surface area contributed by atoms with Gasteiger partial charge in [0.05, 0.1) is 11.7 Å². The molecule has 1 nitrogen and oxygen atoms in total. The molecule has 0 radical (unpaired) electrons. The van der Waals surface area contributed by atoms with Gasteiger partial charge in [0.15, 0.2) is 0 Å². The van der Waals surface area contributed by atoms with Crippen LogP contribution in [-0.2, 0) is 4.74 Å². The first-order valence-corrected chi connectivity index (χ1v) is 6.03. The van der Waals surface area contributed by atoms with Crippen LogP contribution < -0.4 is 0 Å². The van der Waals surface area contributed by atoms with Gasteiger partial charge < -0.3 is 4.74 Å². The lowest BCUT2D eigenvalue weighted by atomic mass is 9.83. The minimum absolute atomic E-state index is 0.0495. The van der Waals surface area contributed by atoms with E-state index in [1.165, 1.54) is 16.5 Å². The lowest BCUT2D eigenvalue weighted by Crippen LogP contribution is -2.40. The first-order valence-electron chi connectivity index (χ1n) is 5.23. The molecule has 2 rings (SSSR count). The van der Waals surface area contributed by atoms with Crippen LogP contribution >= 0.6 is 15.9 Å². The Morgan fingerprint density at radius 1 is 1.50 bits per heavy atom. The largest absolute Gasteiger partial charge is 0.367 e. The quantitative estimate of drug-likeness (QED) is 0.641. The van der Waals surface area contributed by atoms with Gasteiger partial charge in [-0.3, -0.25) is 0 Å². The van der Waals surface area contributed by atoms with Crippen LogP contribution in [0.4, 0.5) is 0 Å². The molecule has 1 aliphatic carbocycles. The van der Waals surface area contributed by atoms with Gasteiger partial charge in [-0.25, -0.2) is 0 Å². The molecular weight excluding hydrogens is 240 g/mol. The van der Waals surface area contributed by atoms with Crippen molar-refractivity contribution in [2.75, 3.05) is 0 Å². The van der Waals surface area contributed by atoms with Gasteiger partial charge in [0.1, 0.15) is 0 Å². The highest BCUT2D eigenvalue weighted by Crippen LogP contribution is 2.39. The molecular formula is C12H17BrO. The maximum Gasteiger partial charge on any atom is 0.0856 e. The van der Waals surface area contributed by atoms with Gasteiger partial charge in [-0.05, 0) is 38.3 Å². The monoisotopic (exact) mass is 256 g/mol. The molecule has 78 valence electrons. The Bertz CT molecular complexity index is 301. The predicted octanol–water partition coefficient (Wildman–Crippen LogP) is 3.80. The van der Waals surface area contributed by atoms with E-state index in [1.54, 1.807) is 0 Å². The van der Waals surface area contributed by atoms with Crippen molar-refractivity contribution in [2.45, 2.75) is 45.3 Å². The highest BCUT2D eigenvalue weighted by Gasteiger charge is 2.35. The Balaban J connectivity index is 2.23. The Morgan fingerprint density at radius 3 is 2.93 bits per heavy atom. The Kier molecular flexibility index (Phi) is 2.61. The third-order valence-corrected chi connectivity index (χ3v) is 3.54. The van der Waals surface area contributed by atoms with Crippen molar-refractivity contribution < 1.29 is 4.74 Å². The molecule has 1 fully saturated rings. The number of fused-ring (bicyclic) bond motifs is 1. The van der Waals surface area contributed by atoms with Crippen molar-refractivity contribution in [1.82, 2.24) is 0 Å². The topological polar surface area (TPSA) is 9.23 Å². The lowest BCUT2D eigenvalue weighted by Gasteiger charge is -2.41. The van der Waals surface area contributed by atoms with Crippen molar-refractivity contribution in [3.8, 4) is 0 Å². The molecule has 0 spiro atoms. The van der Waals surface area contributed by atoms with Gasteiger partial charge in [0, 0.05) is 10.4 Å². The molecule has 0 amide bonds. The molecule has 0 aromatic heterocycles. The summed E-state index contributed by atoms with van der Waals surface area (Å²) in [5, 5.41) is 0. The maximum atomic E-state index is 6.10. The fraction of sp³-hybridized carbons (Fsp3) is 0.667. The van der Waals surface area contributed by atoms with Crippen LogP contribution in [0.1, 0.15) is 33.6 Å². The molecule has 2 atom stereocenters. The maximum absolute atomic E-state index is 6.10. The van der Waals surface area contributed by atoms with Gasteiger partial charge in [-0.2, -0.15) is 0 Å². The van der Waals surface area contributed by atoms with Gasteiger partial charge in [0.25, 0.3) is 0 Å². The third kappa shape index (κ3) is 1.96. The van der Waals surface area contributed by atoms with E-state index >= 15 is 0 Å². The summed E-state index contributed by atoms with van der Waals surface area (Å²) in [5.74, 6) is 0.490. The molecule has 0 bridgehead atoms. The molecule has 2 unspecified atom stereocenters. The van der Waals surface area contributed by atoms with E-state index in [9.17, 15) is 0 Å². The normalized spacial score (nSPS) is 35.7. The molecule has 1 saturated heterocycles. The number of halogens is 1. The van der Waals surface area contributed by atoms with E-state index in [2.05, 4.69) is 48.9 Å². The average Bonchev–Trinajstić information content (AvgIpc) is 2.06. The first-order chi connectivity index (χ1) is 6.48. The SMILES string of the molecule is CC1C=C(Br)C=C2CCC(C)(C)OC21. The standard InChI is InChI=1S/C12H17BrO/c1-8-6-10(13)7-9-4-5-12(2,3)14-11(8)9/h6-8,11H,4-5H2,1-3H3. The number of hydrogen-bond acceptors (Lipinski definition) is 1. The zero-order chi connectivity index (χ0) is 10.3. The fourth-order valence-electron chi connectivity index (χ4n) is 2.23. The van der Waals surface area contributed by atoms with Gasteiger partial charge >= 0.3 is 0 Å². The van der Waals surface area contributed by atoms with Gasteiger partial charge in [-0.15, -0.1) is 0 Å². The van der Waals surface area contributed by atoms with Crippen LogP contribution in [0.3, 0.4) is 0 Å². The third-order valence-electron chi connectivity index (χ3n) is 3.05. The molecule has 0 saturated carbocycles. The summed E-state index contributed by atoms with van der Waals surface area (Å²) in [6, 6.07) is 0. The average molecular weight is 257 g/mol. The zero-order valence-electron chi connectivity index (χ0n) is 9.01. The van der Waals surface area contributed by atoms with E-state index in [0.29, 0.717) is 12.0 Å². The van der Waals surface area contributed by atoms with Gasteiger partial charge in [-0.1, -0.05) is 28.9 Å². The van der Waals surface area contributed by atoms with Crippen molar-refractivity contribution in [3.63, 3.8) is 0 Å². The van der Waals surface area contributed by atoms with E-state index in [1.807, 2.05) is 0 Å². The molecule has 14 heavy (non-hydrogen) atoms. The molecule has 2 heteroatoms. The second-order valence-corrected chi connectivity index (χ2v) is 5.84. The number of rotatable bonds is 0. The summed E-state index contributed by atoms with van der Waals surface area (Å²) < 4.78 is 7.31. The minimum Gasteiger partial charge on any atom is -0.367 e. The Morgan fingerprint density at radius 2 is 2.21 bits per heavy atom. The van der Waals surface area contributed by atoms with Crippen molar-refractivity contribution in [3.05, 3.63) is 22.2 Å². The van der Waals surface area contributed by atoms with Crippen LogP contribution in [0.5, 0.6) is 0 Å². The number of hydrogen-bond donors (Lipinski definition) is 0. The molecule has 1 heterocycles. The zero-order valence-corrected chi connectivity index (χ0v) is 10.6. The van der Waals surface area contributed by atoms with Crippen LogP contribution in [0.2, 0.25) is 0 Å². The van der Waals surface area contributed by atoms with Crippen molar-refractivity contribution in [1.29, 1.82) is 0 Å². The van der Waals surface area contributed by atoms with Crippen molar-refractivity contribution >= 4 is 15.9 Å². The fourth-order valence-corrected chi connectivity index (χ4v) is 2.94. The van der Waals surface area contributed by atoms with E-state index in [4.69, 9.17) is 4.74 Å². The first kappa shape index (κ1) is 10.4. The molecule has 0 N–H and O–H groups in total. The summed E-state index contributed by atoms with van der Waals surface area (Å²) >= 11 is 3.55. The second-order valence-electron chi connectivity index (χ2n) is 4.93. The smallest absolute Gasteiger partial charge is 0.0856 e. The highest BCUT2D eigenvalue weighted by atomic mass is 79.9. The molecule has 2 aliphatic rings. The second kappa shape index (κ2) is 3.49. The lowest BCUT2D eigenvalue weighted by molar-refractivity contribution is -0.0933. The minimum atomic E-state index is 0.0495.